The molecule has 0 aliphatic rings. The zero-order valence-corrected chi connectivity index (χ0v) is 17.1. The van der Waals surface area contributed by atoms with Gasteiger partial charge in [-0.05, 0) is 35.9 Å². The van der Waals surface area contributed by atoms with Gasteiger partial charge in [0.25, 0.3) is 0 Å². The Hall–Kier alpha value is -2.14. The summed E-state index contributed by atoms with van der Waals surface area (Å²) in [5, 5.41) is 8.35. The fourth-order valence-corrected chi connectivity index (χ4v) is 3.71. The molecule has 0 radical (unpaired) electrons. The molecule has 10 heteroatoms. The van der Waals surface area contributed by atoms with Crippen molar-refractivity contribution in [2.45, 2.75) is 10.1 Å². The Kier molecular flexibility index (Phi) is 6.00. The van der Waals surface area contributed by atoms with Crippen LogP contribution in [-0.2, 0) is 14.8 Å². The van der Waals surface area contributed by atoms with Gasteiger partial charge in [0, 0.05) is 10.2 Å². The van der Waals surface area contributed by atoms with Crippen molar-refractivity contribution in [3.8, 4) is 11.3 Å². The molecule has 0 saturated heterocycles. The maximum Gasteiger partial charge on any atom is 0.238 e. The van der Waals surface area contributed by atoms with Crippen LogP contribution < -0.4 is 10.5 Å². The normalized spacial score (nSPS) is 11.3. The molecule has 1 aromatic heterocycles. The molecule has 0 bridgehead atoms. The summed E-state index contributed by atoms with van der Waals surface area (Å²) < 4.78 is 23.7. The molecule has 0 aliphatic carbocycles. The molecule has 0 spiro atoms. The molecule has 27 heavy (non-hydrogen) atoms. The number of aromatic nitrogens is 2. The molecule has 4 N–H and O–H groups in total. The molecule has 1 heterocycles. The second kappa shape index (κ2) is 8.26. The number of thioether (sulfide) groups is 1. The van der Waals surface area contributed by atoms with Crippen LogP contribution >= 0.6 is 27.7 Å². The van der Waals surface area contributed by atoms with Crippen molar-refractivity contribution in [1.82, 2.24) is 9.97 Å². The van der Waals surface area contributed by atoms with E-state index in [1.165, 1.54) is 30.0 Å². The van der Waals surface area contributed by atoms with E-state index in [4.69, 9.17) is 5.14 Å². The number of nitrogens with one attached hydrogen (secondary N) is 2. The molecule has 7 nitrogen and oxygen atoms in total. The molecule has 0 unspecified atom stereocenters. The summed E-state index contributed by atoms with van der Waals surface area (Å²) in [6.07, 6.45) is 1.71. The molecule has 0 fully saturated rings. The largest absolute Gasteiger partial charge is 0.333 e. The van der Waals surface area contributed by atoms with Crippen LogP contribution in [0.15, 0.2) is 69.3 Å². The smallest absolute Gasteiger partial charge is 0.238 e. The van der Waals surface area contributed by atoms with E-state index in [-0.39, 0.29) is 16.6 Å². The number of anilines is 1. The van der Waals surface area contributed by atoms with E-state index in [0.717, 1.165) is 15.7 Å². The summed E-state index contributed by atoms with van der Waals surface area (Å²) in [7, 11) is -3.82. The van der Waals surface area contributed by atoms with Crippen molar-refractivity contribution in [2.75, 3.05) is 11.1 Å². The van der Waals surface area contributed by atoms with Gasteiger partial charge in [0.15, 0.2) is 5.16 Å². The van der Waals surface area contributed by atoms with E-state index >= 15 is 0 Å². The van der Waals surface area contributed by atoms with Gasteiger partial charge < -0.3 is 10.3 Å². The van der Waals surface area contributed by atoms with Crippen molar-refractivity contribution in [3.05, 3.63) is 59.2 Å². The van der Waals surface area contributed by atoms with Gasteiger partial charge in [-0.3, -0.25) is 4.79 Å². The van der Waals surface area contributed by atoms with E-state index in [9.17, 15) is 13.2 Å². The van der Waals surface area contributed by atoms with Crippen LogP contribution in [0.25, 0.3) is 11.3 Å². The highest BCUT2D eigenvalue weighted by molar-refractivity contribution is 9.10. The van der Waals surface area contributed by atoms with E-state index in [1.54, 1.807) is 12.3 Å². The number of aromatic amines is 1. The number of hydrogen-bond donors (Lipinski definition) is 3. The van der Waals surface area contributed by atoms with Gasteiger partial charge in [-0.15, -0.1) is 0 Å². The molecule has 3 rings (SSSR count). The van der Waals surface area contributed by atoms with Gasteiger partial charge in [-0.1, -0.05) is 45.9 Å². The number of sulfonamides is 1. The van der Waals surface area contributed by atoms with Crippen molar-refractivity contribution < 1.29 is 13.2 Å². The number of imidazole rings is 1. The topological polar surface area (TPSA) is 118 Å². The Bertz CT molecular complexity index is 1070. The Labute approximate surface area is 169 Å². The molecule has 0 atom stereocenters. The average molecular weight is 467 g/mol. The highest BCUT2D eigenvalue weighted by Gasteiger charge is 2.11. The minimum atomic E-state index is -3.82. The number of amides is 1. The third-order valence-corrected chi connectivity index (χ3v) is 5.82. The Balaban J connectivity index is 1.59. The van der Waals surface area contributed by atoms with Crippen LogP contribution in [0.5, 0.6) is 0 Å². The quantitative estimate of drug-likeness (QED) is 0.481. The van der Waals surface area contributed by atoms with Crippen LogP contribution in [0.2, 0.25) is 0 Å². The number of hydrogen-bond acceptors (Lipinski definition) is 5. The van der Waals surface area contributed by atoms with Gasteiger partial charge >= 0.3 is 0 Å². The predicted octanol–water partition coefficient (Wildman–Crippen LogP) is 3.22. The van der Waals surface area contributed by atoms with Gasteiger partial charge in [-0.2, -0.15) is 0 Å². The number of nitrogens with zero attached hydrogens (tertiary/aromatic N) is 1. The molecule has 0 aliphatic heterocycles. The first-order chi connectivity index (χ1) is 12.8. The van der Waals surface area contributed by atoms with Crippen LogP contribution in [0.1, 0.15) is 0 Å². The lowest BCUT2D eigenvalue weighted by Crippen LogP contribution is -2.16. The minimum Gasteiger partial charge on any atom is -0.333 e. The molecule has 0 saturated carbocycles. The summed E-state index contributed by atoms with van der Waals surface area (Å²) in [5.74, 6) is -0.166. The molecular weight excluding hydrogens is 452 g/mol. The van der Waals surface area contributed by atoms with Crippen molar-refractivity contribution >= 4 is 49.3 Å². The summed E-state index contributed by atoms with van der Waals surface area (Å²) in [6.45, 7) is 0. The maximum absolute atomic E-state index is 12.1. The fraction of sp³-hybridized carbons (Fsp3) is 0.0588. The lowest BCUT2D eigenvalue weighted by atomic mass is 10.2. The Morgan fingerprint density at radius 3 is 2.67 bits per heavy atom. The molecule has 140 valence electrons. The third-order valence-electron chi connectivity index (χ3n) is 3.49. The van der Waals surface area contributed by atoms with Crippen molar-refractivity contribution in [2.24, 2.45) is 5.14 Å². The first kappa shape index (κ1) is 19.6. The SMILES string of the molecule is NS(=O)(=O)c1cccc(NC(=O)CSc2ncc(-c3ccc(Br)cc3)[nH]2)c1. The van der Waals surface area contributed by atoms with Crippen LogP contribution in [0, 0.1) is 0 Å². The summed E-state index contributed by atoms with van der Waals surface area (Å²) in [6, 6.07) is 13.6. The molecule has 2 aromatic carbocycles. The number of rotatable bonds is 6. The first-order valence-corrected chi connectivity index (χ1v) is 11.0. The van der Waals surface area contributed by atoms with Crippen molar-refractivity contribution in [1.29, 1.82) is 0 Å². The van der Waals surface area contributed by atoms with E-state index in [2.05, 4.69) is 31.2 Å². The van der Waals surface area contributed by atoms with Gasteiger partial charge in [-0.25, -0.2) is 18.5 Å². The number of nitrogens with two attached hydrogens (primary N) is 1. The maximum atomic E-state index is 12.1. The second-order valence-corrected chi connectivity index (χ2v) is 8.96. The molecule has 3 aromatic rings. The summed E-state index contributed by atoms with van der Waals surface area (Å²) in [4.78, 5) is 19.5. The standard InChI is InChI=1S/C17H15BrN4O3S2/c18-12-6-4-11(5-7-12)15-9-20-17(22-15)26-10-16(23)21-13-2-1-3-14(8-13)27(19,24)25/h1-9H,10H2,(H,20,22)(H,21,23)(H2,19,24,25). The average Bonchev–Trinajstić information content (AvgIpc) is 3.09. The zero-order chi connectivity index (χ0) is 19.4. The monoisotopic (exact) mass is 466 g/mol. The lowest BCUT2D eigenvalue weighted by molar-refractivity contribution is -0.113. The van der Waals surface area contributed by atoms with Gasteiger partial charge in [0.05, 0.1) is 22.5 Å². The number of carbonyl (C=O) groups is 1. The Morgan fingerprint density at radius 2 is 1.96 bits per heavy atom. The number of H-pyrrole nitrogens is 1. The number of primary sulfonamides is 1. The number of carbonyl (C=O) groups excluding carboxylic acids is 1. The Morgan fingerprint density at radius 1 is 1.22 bits per heavy atom. The highest BCUT2D eigenvalue weighted by Crippen LogP contribution is 2.23. The van der Waals surface area contributed by atoms with Crippen LogP contribution in [0.3, 0.4) is 0 Å². The van der Waals surface area contributed by atoms with Crippen LogP contribution in [0.4, 0.5) is 5.69 Å². The van der Waals surface area contributed by atoms with E-state index < -0.39 is 10.0 Å². The highest BCUT2D eigenvalue weighted by atomic mass is 79.9. The molecule has 1 amide bonds. The third kappa shape index (κ3) is 5.42. The lowest BCUT2D eigenvalue weighted by Gasteiger charge is -2.06. The first-order valence-electron chi connectivity index (χ1n) is 7.68. The number of halogens is 1. The summed E-state index contributed by atoms with van der Waals surface area (Å²) >= 11 is 4.64. The van der Waals surface area contributed by atoms with Crippen molar-refractivity contribution in [3.63, 3.8) is 0 Å². The molecular formula is C17H15BrN4O3S2. The second-order valence-electron chi connectivity index (χ2n) is 5.52. The van der Waals surface area contributed by atoms with Gasteiger partial charge in [0.1, 0.15) is 0 Å². The number of benzene rings is 2. The van der Waals surface area contributed by atoms with Crippen LogP contribution in [-0.4, -0.2) is 30.0 Å². The zero-order valence-electron chi connectivity index (χ0n) is 13.8. The fourth-order valence-electron chi connectivity index (χ4n) is 2.23. The predicted molar refractivity (Wildman–Crippen MR) is 109 cm³/mol. The summed E-state index contributed by atoms with van der Waals surface area (Å²) in [5.41, 5.74) is 2.20. The van der Waals surface area contributed by atoms with Gasteiger partial charge in [0.2, 0.25) is 15.9 Å². The van der Waals surface area contributed by atoms with E-state index in [0.29, 0.717) is 10.8 Å². The van der Waals surface area contributed by atoms with E-state index in [1.807, 2.05) is 24.3 Å². The minimum absolute atomic E-state index is 0.0573.